The van der Waals surface area contributed by atoms with Crippen LogP contribution in [0.1, 0.15) is 32.8 Å². The SMILES string of the molecule is CC(C)(C)[Si](C)(C)Oc1c(CCCNC(N)=S)ccc2ccccc12.Cl. The van der Waals surface area contributed by atoms with E-state index >= 15 is 0 Å². The molecule has 3 nitrogen and oxygen atoms in total. The maximum Gasteiger partial charge on any atom is 0.250 e. The van der Waals surface area contributed by atoms with E-state index in [1.807, 2.05) is 0 Å². The Kier molecular flexibility index (Phi) is 7.93. The molecule has 0 radical (unpaired) electrons. The highest BCUT2D eigenvalue weighted by Crippen LogP contribution is 2.40. The summed E-state index contributed by atoms with van der Waals surface area (Å²) in [5.41, 5.74) is 6.77. The van der Waals surface area contributed by atoms with Gasteiger partial charge in [-0.15, -0.1) is 12.4 Å². The second kappa shape index (κ2) is 9.06. The van der Waals surface area contributed by atoms with E-state index in [4.69, 9.17) is 22.4 Å². The van der Waals surface area contributed by atoms with Crippen LogP contribution in [0.5, 0.6) is 5.75 Å². The first-order valence-electron chi connectivity index (χ1n) is 8.85. The number of rotatable bonds is 6. The van der Waals surface area contributed by atoms with Crippen molar-refractivity contribution in [1.29, 1.82) is 0 Å². The number of benzene rings is 2. The molecule has 0 aliphatic heterocycles. The molecule has 0 heterocycles. The maximum atomic E-state index is 6.76. The molecule has 0 aromatic heterocycles. The summed E-state index contributed by atoms with van der Waals surface area (Å²) in [4.78, 5) is 0. The molecule has 0 saturated carbocycles. The minimum Gasteiger partial charge on any atom is -0.543 e. The average Bonchev–Trinajstić information content (AvgIpc) is 2.51. The monoisotopic (exact) mass is 410 g/mol. The molecule has 0 bridgehead atoms. The van der Waals surface area contributed by atoms with Gasteiger partial charge in [-0.25, -0.2) is 0 Å². The van der Waals surface area contributed by atoms with Crippen molar-refractivity contribution in [3.05, 3.63) is 42.0 Å². The molecule has 0 spiro atoms. The molecule has 3 N–H and O–H groups in total. The fraction of sp³-hybridized carbons (Fsp3) is 0.450. The van der Waals surface area contributed by atoms with Crippen LogP contribution in [0, 0.1) is 0 Å². The number of thiocarbonyl (C=S) groups is 1. The van der Waals surface area contributed by atoms with Crippen LogP contribution in [0.3, 0.4) is 0 Å². The van der Waals surface area contributed by atoms with E-state index in [0.29, 0.717) is 5.11 Å². The Labute approximate surface area is 170 Å². The van der Waals surface area contributed by atoms with Crippen LogP contribution < -0.4 is 15.5 Å². The predicted octanol–water partition coefficient (Wildman–Crippen LogP) is 5.41. The Hall–Kier alpha value is -1.30. The lowest BCUT2D eigenvalue weighted by Crippen LogP contribution is -2.44. The van der Waals surface area contributed by atoms with E-state index in [1.165, 1.54) is 16.3 Å². The molecule has 26 heavy (non-hydrogen) atoms. The molecule has 0 fully saturated rings. The standard InChI is InChI=1S/C20H30N2OSSi.ClH/c1-20(2,3)25(4,5)23-18-16(10-8-14-22-19(21)24)13-12-15-9-6-7-11-17(15)18;/h6-7,9,11-13H,8,10,14H2,1-5H3,(H3,21,22,24);1H. The third-order valence-electron chi connectivity index (χ3n) is 5.05. The first-order valence-corrected chi connectivity index (χ1v) is 12.2. The molecule has 0 unspecified atom stereocenters. The van der Waals surface area contributed by atoms with Gasteiger partial charge in [-0.05, 0) is 54.1 Å². The van der Waals surface area contributed by atoms with E-state index < -0.39 is 8.32 Å². The highest BCUT2D eigenvalue weighted by Gasteiger charge is 2.39. The molecule has 2 aromatic carbocycles. The fourth-order valence-electron chi connectivity index (χ4n) is 2.50. The third-order valence-corrected chi connectivity index (χ3v) is 9.52. The Morgan fingerprint density at radius 3 is 2.42 bits per heavy atom. The first kappa shape index (κ1) is 22.7. The summed E-state index contributed by atoms with van der Waals surface area (Å²) in [5.74, 6) is 1.06. The normalized spacial score (nSPS) is 11.7. The highest BCUT2D eigenvalue weighted by molar-refractivity contribution is 7.80. The predicted molar refractivity (Wildman–Crippen MR) is 122 cm³/mol. The van der Waals surface area contributed by atoms with Crippen LogP contribution in [0.25, 0.3) is 10.8 Å². The van der Waals surface area contributed by atoms with Crippen molar-refractivity contribution < 1.29 is 4.43 Å². The van der Waals surface area contributed by atoms with Gasteiger partial charge in [0.2, 0.25) is 0 Å². The number of hydrogen-bond acceptors (Lipinski definition) is 2. The lowest BCUT2D eigenvalue weighted by atomic mass is 10.0. The molecule has 2 aromatic rings. The smallest absolute Gasteiger partial charge is 0.250 e. The summed E-state index contributed by atoms with van der Waals surface area (Å²) in [6, 6.07) is 12.8. The van der Waals surface area contributed by atoms with Gasteiger partial charge >= 0.3 is 0 Å². The molecule has 0 saturated heterocycles. The van der Waals surface area contributed by atoms with E-state index in [1.54, 1.807) is 0 Å². The van der Waals surface area contributed by atoms with Crippen LogP contribution in [0.2, 0.25) is 18.1 Å². The number of nitrogens with two attached hydrogens (primary N) is 1. The number of nitrogens with one attached hydrogen (secondary N) is 1. The van der Waals surface area contributed by atoms with Crippen LogP contribution in [0.15, 0.2) is 36.4 Å². The van der Waals surface area contributed by atoms with Gasteiger partial charge in [0.25, 0.3) is 8.32 Å². The summed E-state index contributed by atoms with van der Waals surface area (Å²) in [5, 5.41) is 5.97. The number of halogens is 1. The van der Waals surface area contributed by atoms with E-state index in [9.17, 15) is 0 Å². The molecule has 0 amide bonds. The van der Waals surface area contributed by atoms with Gasteiger partial charge < -0.3 is 15.5 Å². The average molecular weight is 411 g/mol. The largest absolute Gasteiger partial charge is 0.543 e. The second-order valence-electron chi connectivity index (χ2n) is 8.03. The van der Waals surface area contributed by atoms with Crippen LogP contribution in [0.4, 0.5) is 0 Å². The van der Waals surface area contributed by atoms with Crippen LogP contribution in [-0.4, -0.2) is 20.0 Å². The van der Waals surface area contributed by atoms with E-state index in [0.717, 1.165) is 25.1 Å². The van der Waals surface area contributed by atoms with Crippen LogP contribution in [-0.2, 0) is 6.42 Å². The number of aryl methyl sites for hydroxylation is 1. The highest BCUT2D eigenvalue weighted by atomic mass is 35.5. The van der Waals surface area contributed by atoms with Crippen molar-refractivity contribution in [3.8, 4) is 5.75 Å². The Morgan fingerprint density at radius 2 is 1.81 bits per heavy atom. The van der Waals surface area contributed by atoms with Gasteiger partial charge in [-0.2, -0.15) is 0 Å². The second-order valence-corrected chi connectivity index (χ2v) is 13.2. The quantitative estimate of drug-likeness (QED) is 0.379. The molecule has 0 aliphatic carbocycles. The lowest BCUT2D eigenvalue weighted by Gasteiger charge is -2.37. The molecule has 144 valence electrons. The molecule has 6 heteroatoms. The molecule has 0 atom stereocenters. The van der Waals surface area contributed by atoms with Crippen molar-refractivity contribution in [1.82, 2.24) is 5.32 Å². The molecule has 2 rings (SSSR count). The van der Waals surface area contributed by atoms with Gasteiger partial charge in [0.1, 0.15) is 5.75 Å². The zero-order valence-electron chi connectivity index (χ0n) is 16.4. The van der Waals surface area contributed by atoms with Crippen LogP contribution >= 0.6 is 24.6 Å². The number of hydrogen-bond donors (Lipinski definition) is 2. The van der Waals surface area contributed by atoms with E-state index in [-0.39, 0.29) is 17.4 Å². The van der Waals surface area contributed by atoms with Crippen molar-refractivity contribution in [2.75, 3.05) is 6.54 Å². The van der Waals surface area contributed by atoms with Crippen molar-refractivity contribution in [2.45, 2.75) is 51.7 Å². The Morgan fingerprint density at radius 1 is 1.15 bits per heavy atom. The minimum absolute atomic E-state index is 0. The zero-order chi connectivity index (χ0) is 18.7. The topological polar surface area (TPSA) is 47.3 Å². The molecular weight excluding hydrogens is 380 g/mol. The summed E-state index contributed by atoms with van der Waals surface area (Å²) < 4.78 is 6.76. The van der Waals surface area contributed by atoms with Crippen molar-refractivity contribution in [3.63, 3.8) is 0 Å². The van der Waals surface area contributed by atoms with E-state index in [2.05, 4.69) is 75.6 Å². The summed E-state index contributed by atoms with van der Waals surface area (Å²) >= 11 is 4.87. The number of fused-ring (bicyclic) bond motifs is 1. The third kappa shape index (κ3) is 5.60. The molecule has 0 aliphatic rings. The van der Waals surface area contributed by atoms with Gasteiger partial charge in [0, 0.05) is 11.9 Å². The van der Waals surface area contributed by atoms with Gasteiger partial charge in [-0.3, -0.25) is 0 Å². The van der Waals surface area contributed by atoms with Crippen molar-refractivity contribution >= 4 is 48.8 Å². The summed E-state index contributed by atoms with van der Waals surface area (Å²) in [6.07, 6.45) is 1.90. The Bertz CT molecular complexity index is 759. The fourth-order valence-corrected chi connectivity index (χ4v) is 3.66. The maximum absolute atomic E-state index is 6.76. The Balaban J connectivity index is 0.00000338. The first-order chi connectivity index (χ1) is 11.6. The van der Waals surface area contributed by atoms with Gasteiger partial charge in [-0.1, -0.05) is 57.2 Å². The van der Waals surface area contributed by atoms with Gasteiger partial charge in [0.15, 0.2) is 5.11 Å². The van der Waals surface area contributed by atoms with Gasteiger partial charge in [0.05, 0.1) is 0 Å². The minimum atomic E-state index is -1.92. The summed E-state index contributed by atoms with van der Waals surface area (Å²) in [6.45, 7) is 12.2. The summed E-state index contributed by atoms with van der Waals surface area (Å²) in [7, 11) is -1.92. The van der Waals surface area contributed by atoms with Crippen molar-refractivity contribution in [2.24, 2.45) is 5.73 Å². The lowest BCUT2D eigenvalue weighted by molar-refractivity contribution is 0.490. The zero-order valence-corrected chi connectivity index (χ0v) is 19.0. The molecular formula is C20H31ClN2OSSi.